The molecule has 0 saturated heterocycles. The van der Waals surface area contributed by atoms with Crippen LogP contribution in [0.1, 0.15) is 341 Å². The van der Waals surface area contributed by atoms with Crippen molar-refractivity contribution in [1.82, 2.24) is 0 Å². The Hall–Kier alpha value is -0.320. The molecule has 0 aromatic heterocycles. The van der Waals surface area contributed by atoms with Gasteiger partial charge in [0.25, 0.3) is 0 Å². The zero-order valence-electron chi connectivity index (χ0n) is 68.4. The highest BCUT2D eigenvalue weighted by Crippen LogP contribution is 2.72. The van der Waals surface area contributed by atoms with Crippen LogP contribution in [0.4, 0.5) is 0 Å². The summed E-state index contributed by atoms with van der Waals surface area (Å²) in [5.74, 6) is 18.5. The molecular weight excluding hydrogens is 1230 g/mol. The zero-order valence-corrected chi connectivity index (χ0v) is 68.4. The van der Waals surface area contributed by atoms with Crippen LogP contribution in [-0.4, -0.2) is 103 Å². The van der Waals surface area contributed by atoms with E-state index in [1.807, 2.05) is 0 Å². The highest BCUT2D eigenvalue weighted by atomic mass is 16.5. The summed E-state index contributed by atoms with van der Waals surface area (Å²) < 4.78 is 46.3. The molecule has 19 fully saturated rings. The van der Waals surface area contributed by atoms with Gasteiger partial charge in [-0.15, -0.1) is 0 Å². The standard InChI is InChI=1S/C16H26O.C14H26O.2C12H22O.C11H20O.C10H18O.C9H16O.C8H14O/c1-4-17-15-11-8-12(16(15,2)3)14-10-6-5-9(7-10)13(11)14;1-3-15-11-14(2)10-6-8-12-7-4-5-9-13(12)14;1-5-13-10-9-6-7-12(10,4)8-11(9,2)3;1-3-13-9-12(2)8-7-10-5-4-6-11(10)12;1-2-12-11-9-5-3-6-10(11)8-4-7-9;1-2-11-10-8-4-3-5-9(10)7-6-8;1-2-10-9-7-3-4-8(9)6-5-7;1-2-9-8-6-3-4-7(8)5-6/h9-15H,4-8H2,1-3H3;12-13H,3-11H2,1-2H3;9-10H,5-8H2,1-4H3;10-11H,3-9H2,1-2H3;9-11H,2-8H2,1H3;8-10H,2-7H2,1H3;7-9H,2-6H2,1H3;6-8H,2-5H2,1H3. The molecule has 14 bridgehead atoms. The first-order chi connectivity index (χ1) is 48.3. The highest BCUT2D eigenvalue weighted by molar-refractivity contribution is 5.17. The fraction of sp³-hybridized carbons (Fsp3) is 1.00. The maximum absolute atomic E-state index is 6.17. The van der Waals surface area contributed by atoms with Crippen LogP contribution in [0.5, 0.6) is 0 Å². The van der Waals surface area contributed by atoms with Crippen molar-refractivity contribution in [3.63, 3.8) is 0 Å². The van der Waals surface area contributed by atoms with Gasteiger partial charge in [-0.05, 0) is 368 Å². The Labute approximate surface area is 618 Å². The van der Waals surface area contributed by atoms with E-state index in [4.69, 9.17) is 37.9 Å². The summed E-state index contributed by atoms with van der Waals surface area (Å²) in [6.45, 7) is 43.3. The number of fused-ring (bicyclic) bond motifs is 20. The fourth-order valence-electron chi connectivity index (χ4n) is 28.9. The van der Waals surface area contributed by atoms with Crippen LogP contribution in [0.15, 0.2) is 0 Å². The van der Waals surface area contributed by atoms with Gasteiger partial charge in [-0.3, -0.25) is 0 Å². The van der Waals surface area contributed by atoms with Gasteiger partial charge in [0.05, 0.1) is 49.8 Å². The molecule has 580 valence electrons. The lowest BCUT2D eigenvalue weighted by molar-refractivity contribution is -0.0980. The molecule has 19 saturated carbocycles. The molecule has 0 aliphatic heterocycles. The molecule has 19 aliphatic rings. The van der Waals surface area contributed by atoms with Crippen LogP contribution in [-0.2, 0) is 37.9 Å². The third-order valence-electron chi connectivity index (χ3n) is 33.1. The van der Waals surface area contributed by atoms with Gasteiger partial charge >= 0.3 is 0 Å². The van der Waals surface area contributed by atoms with Crippen molar-refractivity contribution < 1.29 is 37.9 Å². The lowest BCUT2D eigenvalue weighted by atomic mass is 9.58. The normalized spacial score (nSPS) is 46.2. The number of ether oxygens (including phenoxy) is 8. The average molecular weight is 1400 g/mol. The van der Waals surface area contributed by atoms with E-state index in [2.05, 4.69) is 104 Å². The number of rotatable bonds is 18. The minimum Gasteiger partial charge on any atom is -0.381 e. The van der Waals surface area contributed by atoms with E-state index in [1.165, 1.54) is 225 Å². The van der Waals surface area contributed by atoms with Gasteiger partial charge in [-0.1, -0.05) is 113 Å². The molecule has 100 heavy (non-hydrogen) atoms. The van der Waals surface area contributed by atoms with E-state index in [9.17, 15) is 0 Å². The van der Waals surface area contributed by atoms with Gasteiger partial charge in [-0.2, -0.15) is 0 Å². The summed E-state index contributed by atoms with van der Waals surface area (Å²) in [5.41, 5.74) is 2.49. The Bertz CT molecular complexity index is 2300. The Morgan fingerprint density at radius 1 is 0.270 bits per heavy atom. The quantitative estimate of drug-likeness (QED) is 0.126. The Kier molecular flexibility index (Phi) is 29.8. The third kappa shape index (κ3) is 18.1. The summed E-state index contributed by atoms with van der Waals surface area (Å²) in [6, 6.07) is 0. The molecule has 0 spiro atoms. The van der Waals surface area contributed by atoms with Crippen LogP contribution in [0.2, 0.25) is 0 Å². The maximum atomic E-state index is 6.17. The van der Waals surface area contributed by atoms with E-state index >= 15 is 0 Å². The van der Waals surface area contributed by atoms with E-state index in [-0.39, 0.29) is 0 Å². The number of hydrogen-bond donors (Lipinski definition) is 0. The fourth-order valence-corrected chi connectivity index (χ4v) is 28.9. The SMILES string of the molecule is CCOC1C2CC(C3C4CCC(C4)C23)C1(C)C.CCOC1C2CCC1(C)CC2(C)C.CCOC1C2CCC1C2.CCOC1C2CCC1CC2.CCOC1C2CCCC1CC2.CCOC1C2CCCC1CCC2.CCOCC1(C)CCC2CCCC21.CCOCC1(C)CCCC2CCCCC21. The second-order valence-corrected chi connectivity index (χ2v) is 39.6. The monoisotopic (exact) mass is 1400 g/mol. The van der Waals surface area contributed by atoms with Crippen molar-refractivity contribution in [2.24, 2.45) is 140 Å². The molecule has 0 radical (unpaired) electrons. The highest BCUT2D eigenvalue weighted by Gasteiger charge is 2.69. The molecule has 0 N–H and O–H groups in total. The molecule has 8 nitrogen and oxygen atoms in total. The van der Waals surface area contributed by atoms with Crippen LogP contribution < -0.4 is 0 Å². The lowest BCUT2D eigenvalue weighted by Crippen LogP contribution is -2.47. The van der Waals surface area contributed by atoms with Gasteiger partial charge < -0.3 is 37.9 Å². The van der Waals surface area contributed by atoms with Crippen LogP contribution in [0, 0.1) is 140 Å². The molecule has 20 atom stereocenters. The van der Waals surface area contributed by atoms with Crippen LogP contribution >= 0.6 is 0 Å². The minimum absolute atomic E-state index is 0.451. The van der Waals surface area contributed by atoms with Crippen molar-refractivity contribution in [3.8, 4) is 0 Å². The third-order valence-corrected chi connectivity index (χ3v) is 33.1. The molecule has 0 heterocycles. The average Bonchev–Trinajstić information content (AvgIpc) is 1.52. The summed E-state index contributed by atoms with van der Waals surface area (Å²) >= 11 is 0. The summed E-state index contributed by atoms with van der Waals surface area (Å²) in [5, 5.41) is 0. The van der Waals surface area contributed by atoms with Gasteiger partial charge in [0.1, 0.15) is 0 Å². The van der Waals surface area contributed by atoms with Crippen molar-refractivity contribution in [1.29, 1.82) is 0 Å². The van der Waals surface area contributed by atoms with Crippen LogP contribution in [0.3, 0.4) is 0 Å². The number of hydrogen-bond acceptors (Lipinski definition) is 8. The van der Waals surface area contributed by atoms with Crippen molar-refractivity contribution in [2.75, 3.05) is 66.1 Å². The van der Waals surface area contributed by atoms with Crippen molar-refractivity contribution >= 4 is 0 Å². The van der Waals surface area contributed by atoms with E-state index < -0.39 is 0 Å². The molecule has 8 heteroatoms. The topological polar surface area (TPSA) is 73.8 Å². The molecular formula is C92H164O8. The van der Waals surface area contributed by atoms with Crippen LogP contribution in [0.25, 0.3) is 0 Å². The smallest absolute Gasteiger partial charge is 0.0661 e. The zero-order chi connectivity index (χ0) is 70.8. The van der Waals surface area contributed by atoms with Crippen molar-refractivity contribution in [2.45, 2.75) is 378 Å². The van der Waals surface area contributed by atoms with E-state index in [0.717, 1.165) is 179 Å². The Balaban J connectivity index is 0.000000116. The van der Waals surface area contributed by atoms with Gasteiger partial charge in [0.15, 0.2) is 0 Å². The summed E-state index contributed by atoms with van der Waals surface area (Å²) in [7, 11) is 0. The summed E-state index contributed by atoms with van der Waals surface area (Å²) in [6.07, 6.45) is 57.5. The molecule has 0 amide bonds. The second kappa shape index (κ2) is 36.9. The maximum Gasteiger partial charge on any atom is 0.0661 e. The first-order valence-electron chi connectivity index (χ1n) is 45.2. The molecule has 19 rings (SSSR count). The minimum atomic E-state index is 0.451. The predicted molar refractivity (Wildman–Crippen MR) is 414 cm³/mol. The molecule has 20 unspecified atom stereocenters. The van der Waals surface area contributed by atoms with E-state index in [1.54, 1.807) is 12.8 Å². The first-order valence-corrected chi connectivity index (χ1v) is 45.2. The second-order valence-electron chi connectivity index (χ2n) is 39.6. The summed E-state index contributed by atoms with van der Waals surface area (Å²) in [4.78, 5) is 0. The first kappa shape index (κ1) is 80.7. The van der Waals surface area contributed by atoms with Gasteiger partial charge in [-0.25, -0.2) is 0 Å². The van der Waals surface area contributed by atoms with Gasteiger partial charge in [0, 0.05) is 52.9 Å². The molecule has 19 aliphatic carbocycles. The van der Waals surface area contributed by atoms with Gasteiger partial charge in [0.2, 0.25) is 0 Å². The Morgan fingerprint density at radius 2 is 0.640 bits per heavy atom. The largest absolute Gasteiger partial charge is 0.381 e. The Morgan fingerprint density at radius 3 is 1.11 bits per heavy atom. The van der Waals surface area contributed by atoms with Crippen molar-refractivity contribution in [3.05, 3.63) is 0 Å². The predicted octanol–water partition coefficient (Wildman–Crippen LogP) is 23.9. The molecule has 0 aromatic carbocycles. The van der Waals surface area contributed by atoms with E-state index in [0.29, 0.717) is 63.7 Å². The lowest BCUT2D eigenvalue weighted by Gasteiger charge is -2.48. The molecule has 0 aromatic rings.